The molecule has 3 amide bonds. The molecule has 1 aromatic carbocycles. The summed E-state index contributed by atoms with van der Waals surface area (Å²) in [6, 6.07) is 6.85. The Balaban J connectivity index is 1.41. The van der Waals surface area contributed by atoms with E-state index in [1.54, 1.807) is 11.8 Å². The smallest absolute Gasteiger partial charge is 0.312 e. The molecule has 2 heterocycles. The van der Waals surface area contributed by atoms with Crippen LogP contribution in [0, 0.1) is 6.92 Å². The highest BCUT2D eigenvalue weighted by molar-refractivity contribution is 7.98. The fraction of sp³-hybridized carbons (Fsp3) is 0.545. The van der Waals surface area contributed by atoms with Crippen LogP contribution in [0.5, 0.6) is 0 Å². The number of nitrogens with zero attached hydrogens (tertiary/aromatic N) is 4. The van der Waals surface area contributed by atoms with Gasteiger partial charge in [0, 0.05) is 38.2 Å². The molecule has 9 nitrogen and oxygen atoms in total. The Morgan fingerprint density at radius 1 is 1.22 bits per heavy atom. The number of primary amides is 1. The number of amides is 3. The van der Waals surface area contributed by atoms with Crippen molar-refractivity contribution < 1.29 is 14.1 Å². The van der Waals surface area contributed by atoms with Crippen LogP contribution in [0.3, 0.4) is 0 Å². The summed E-state index contributed by atoms with van der Waals surface area (Å²) in [4.78, 5) is 32.7. The third kappa shape index (κ3) is 6.96. The summed E-state index contributed by atoms with van der Waals surface area (Å²) in [6.45, 7) is 5.84. The number of nitrogens with one attached hydrogen (secondary N) is 1. The molecular formula is C22H32N6O3S. The predicted octanol–water partition coefficient (Wildman–Crippen LogP) is 1.91. The maximum absolute atomic E-state index is 12.8. The highest BCUT2D eigenvalue weighted by atomic mass is 32.2. The highest BCUT2D eigenvalue weighted by Crippen LogP contribution is 2.17. The van der Waals surface area contributed by atoms with Gasteiger partial charge in [-0.1, -0.05) is 35.0 Å². The number of carbonyl (C=O) groups excluding carboxylic acids is 2. The summed E-state index contributed by atoms with van der Waals surface area (Å²) in [6.07, 6.45) is 4.18. The van der Waals surface area contributed by atoms with Crippen LogP contribution in [-0.2, 0) is 11.2 Å². The molecule has 1 fully saturated rings. The first-order valence-electron chi connectivity index (χ1n) is 10.9. The van der Waals surface area contributed by atoms with E-state index in [0.29, 0.717) is 31.2 Å². The Hall–Kier alpha value is -2.59. The lowest BCUT2D eigenvalue weighted by Crippen LogP contribution is -2.55. The minimum absolute atomic E-state index is 0.0491. The van der Waals surface area contributed by atoms with Crippen LogP contribution in [0.4, 0.5) is 4.79 Å². The van der Waals surface area contributed by atoms with Gasteiger partial charge < -0.3 is 20.5 Å². The van der Waals surface area contributed by atoms with Gasteiger partial charge >= 0.3 is 6.03 Å². The maximum atomic E-state index is 12.8. The number of hydrogen-bond acceptors (Lipinski definition) is 7. The molecule has 3 rings (SSSR count). The van der Waals surface area contributed by atoms with Crippen molar-refractivity contribution in [1.29, 1.82) is 0 Å². The van der Waals surface area contributed by atoms with Gasteiger partial charge in [-0.15, -0.1) is 0 Å². The molecule has 0 saturated carbocycles. The molecule has 1 aromatic heterocycles. The highest BCUT2D eigenvalue weighted by Gasteiger charge is 2.27. The molecule has 10 heteroatoms. The molecule has 0 bridgehead atoms. The van der Waals surface area contributed by atoms with Crippen LogP contribution in [0.15, 0.2) is 28.8 Å². The van der Waals surface area contributed by atoms with Crippen LogP contribution in [0.25, 0.3) is 11.4 Å². The lowest BCUT2D eigenvalue weighted by molar-refractivity contribution is -0.135. The minimum Gasteiger partial charge on any atom is -0.352 e. The number of aromatic nitrogens is 2. The molecule has 1 aliphatic rings. The fourth-order valence-corrected chi connectivity index (χ4v) is 4.18. The Morgan fingerprint density at radius 2 is 1.94 bits per heavy atom. The Morgan fingerprint density at radius 3 is 2.59 bits per heavy atom. The molecule has 3 N–H and O–H groups in total. The number of benzene rings is 1. The van der Waals surface area contributed by atoms with Gasteiger partial charge in [0.25, 0.3) is 0 Å². The summed E-state index contributed by atoms with van der Waals surface area (Å²) in [5.74, 6) is 2.00. The second-order valence-electron chi connectivity index (χ2n) is 7.99. The van der Waals surface area contributed by atoms with Crippen molar-refractivity contribution in [2.45, 2.75) is 32.2 Å². The normalized spacial score (nSPS) is 15.5. The van der Waals surface area contributed by atoms with Crippen molar-refractivity contribution in [1.82, 2.24) is 25.3 Å². The van der Waals surface area contributed by atoms with Crippen molar-refractivity contribution in [3.8, 4) is 11.4 Å². The average Bonchev–Trinajstić information content (AvgIpc) is 3.26. The molecule has 32 heavy (non-hydrogen) atoms. The molecule has 2 aromatic rings. The van der Waals surface area contributed by atoms with Crippen molar-refractivity contribution >= 4 is 23.7 Å². The van der Waals surface area contributed by atoms with Crippen molar-refractivity contribution in [3.63, 3.8) is 0 Å². The molecule has 0 spiro atoms. The lowest BCUT2D eigenvalue weighted by Gasteiger charge is -2.36. The third-order valence-corrected chi connectivity index (χ3v) is 6.20. The average molecular weight is 461 g/mol. The molecule has 0 radical (unpaired) electrons. The molecule has 1 atom stereocenters. The van der Waals surface area contributed by atoms with E-state index in [1.165, 1.54) is 5.56 Å². The number of carbonyl (C=O) groups is 2. The number of nitrogens with two attached hydrogens (primary N) is 1. The first kappa shape index (κ1) is 24.1. The summed E-state index contributed by atoms with van der Waals surface area (Å²) in [5.41, 5.74) is 7.39. The number of piperazine rings is 1. The summed E-state index contributed by atoms with van der Waals surface area (Å²) >= 11 is 1.64. The van der Waals surface area contributed by atoms with Crippen LogP contribution >= 0.6 is 11.8 Å². The van der Waals surface area contributed by atoms with Gasteiger partial charge in [-0.2, -0.15) is 16.7 Å². The van der Waals surface area contributed by atoms with Crippen LogP contribution < -0.4 is 11.1 Å². The quantitative estimate of drug-likeness (QED) is 0.556. The van der Waals surface area contributed by atoms with E-state index in [-0.39, 0.29) is 5.91 Å². The maximum Gasteiger partial charge on any atom is 0.312 e. The standard InChI is InChI=1S/C22H32N6O3S/c1-16-5-7-17(8-6-16)20-25-19(31-26-20)4-3-10-27-11-13-28(14-12-27)21(29)18(9-15-32-2)24-22(23)30/h5-8,18H,3-4,9-15H2,1-2H3,(H3,23,24,30). The molecule has 174 valence electrons. The number of urea groups is 1. The van der Waals surface area contributed by atoms with Crippen molar-refractivity contribution in [2.24, 2.45) is 5.73 Å². The monoisotopic (exact) mass is 460 g/mol. The fourth-order valence-electron chi connectivity index (χ4n) is 3.71. The van der Waals surface area contributed by atoms with Gasteiger partial charge in [0.2, 0.25) is 17.6 Å². The predicted molar refractivity (Wildman–Crippen MR) is 125 cm³/mol. The SMILES string of the molecule is CSCCC(NC(N)=O)C(=O)N1CCN(CCCc2nc(-c3ccc(C)cc3)no2)CC1. The largest absolute Gasteiger partial charge is 0.352 e. The lowest BCUT2D eigenvalue weighted by atomic mass is 10.1. The molecule has 0 aliphatic carbocycles. The molecule has 1 aliphatic heterocycles. The van der Waals surface area contributed by atoms with Gasteiger partial charge in [-0.05, 0) is 38.3 Å². The van der Waals surface area contributed by atoms with Gasteiger partial charge in [-0.3, -0.25) is 9.69 Å². The van der Waals surface area contributed by atoms with Gasteiger partial charge in [-0.25, -0.2) is 4.79 Å². The number of thioether (sulfide) groups is 1. The van der Waals surface area contributed by atoms with E-state index in [4.69, 9.17) is 10.3 Å². The number of hydrogen-bond donors (Lipinski definition) is 2. The van der Waals surface area contributed by atoms with Crippen LogP contribution in [0.2, 0.25) is 0 Å². The molecule has 1 saturated heterocycles. The van der Waals surface area contributed by atoms with Gasteiger partial charge in [0.05, 0.1) is 0 Å². The Labute approximate surface area is 193 Å². The summed E-state index contributed by atoms with van der Waals surface area (Å²) in [7, 11) is 0. The van der Waals surface area contributed by atoms with E-state index >= 15 is 0 Å². The first-order valence-corrected chi connectivity index (χ1v) is 12.3. The number of aryl methyl sites for hydroxylation is 2. The third-order valence-electron chi connectivity index (χ3n) is 5.55. The van der Waals surface area contributed by atoms with E-state index in [9.17, 15) is 9.59 Å². The van der Waals surface area contributed by atoms with E-state index in [1.807, 2.05) is 42.3 Å². The van der Waals surface area contributed by atoms with Gasteiger partial charge in [0.1, 0.15) is 6.04 Å². The topological polar surface area (TPSA) is 118 Å². The zero-order valence-corrected chi connectivity index (χ0v) is 19.6. The second kappa shape index (κ2) is 11.9. The second-order valence-corrected chi connectivity index (χ2v) is 8.98. The molecule has 1 unspecified atom stereocenters. The van der Waals surface area contributed by atoms with E-state index in [0.717, 1.165) is 43.8 Å². The first-order chi connectivity index (χ1) is 15.5. The van der Waals surface area contributed by atoms with Crippen molar-refractivity contribution in [2.75, 3.05) is 44.7 Å². The van der Waals surface area contributed by atoms with Crippen LogP contribution in [0.1, 0.15) is 24.3 Å². The zero-order valence-electron chi connectivity index (χ0n) is 18.7. The van der Waals surface area contributed by atoms with E-state index in [2.05, 4.69) is 20.4 Å². The molecular weight excluding hydrogens is 428 g/mol. The summed E-state index contributed by atoms with van der Waals surface area (Å²) < 4.78 is 5.40. The summed E-state index contributed by atoms with van der Waals surface area (Å²) in [5, 5.41) is 6.67. The zero-order chi connectivity index (χ0) is 22.9. The van der Waals surface area contributed by atoms with Crippen LogP contribution in [-0.4, -0.2) is 82.7 Å². The van der Waals surface area contributed by atoms with E-state index < -0.39 is 12.1 Å². The number of rotatable bonds is 10. The van der Waals surface area contributed by atoms with Gasteiger partial charge in [0.15, 0.2) is 0 Å². The Kier molecular flexibility index (Phi) is 8.92. The minimum atomic E-state index is -0.658. The van der Waals surface area contributed by atoms with Crippen molar-refractivity contribution in [3.05, 3.63) is 35.7 Å². The Bertz CT molecular complexity index is 880.